The molecule has 0 atom stereocenters. The molecule has 16 heavy (non-hydrogen) atoms. The van der Waals surface area contributed by atoms with Crippen molar-refractivity contribution in [2.75, 3.05) is 6.61 Å². The topological polar surface area (TPSA) is 20.2 Å². The first-order chi connectivity index (χ1) is 7.56. The van der Waals surface area contributed by atoms with E-state index in [4.69, 9.17) is 5.11 Å². The van der Waals surface area contributed by atoms with Gasteiger partial charge in [0.2, 0.25) is 0 Å². The molecule has 0 heterocycles. The predicted molar refractivity (Wildman–Crippen MR) is 72.4 cm³/mol. The number of hydrogen-bond donors (Lipinski definition) is 1. The Kier molecular flexibility index (Phi) is 8.55. The molecule has 90 valence electrons. The van der Waals surface area contributed by atoms with Gasteiger partial charge in [-0.1, -0.05) is 47.1 Å². The molecule has 0 amide bonds. The van der Waals surface area contributed by atoms with Crippen LogP contribution in [0.1, 0.15) is 40.5 Å². The summed E-state index contributed by atoms with van der Waals surface area (Å²) in [5.74, 6) is 0. The molecular formula is C15H24O. The van der Waals surface area contributed by atoms with Crippen molar-refractivity contribution < 1.29 is 5.11 Å². The molecule has 0 bridgehead atoms. The van der Waals surface area contributed by atoms with Gasteiger partial charge in [-0.25, -0.2) is 0 Å². The van der Waals surface area contributed by atoms with E-state index >= 15 is 0 Å². The van der Waals surface area contributed by atoms with Gasteiger partial charge in [0.1, 0.15) is 0 Å². The van der Waals surface area contributed by atoms with Crippen LogP contribution in [0.2, 0.25) is 0 Å². The lowest BCUT2D eigenvalue weighted by Gasteiger charge is -1.97. The van der Waals surface area contributed by atoms with Crippen LogP contribution in [-0.2, 0) is 0 Å². The summed E-state index contributed by atoms with van der Waals surface area (Å²) in [6, 6.07) is 0. The van der Waals surface area contributed by atoms with E-state index in [0.29, 0.717) is 0 Å². The zero-order valence-electron chi connectivity index (χ0n) is 11.0. The normalized spacial score (nSPS) is 13.3. The standard InChI is InChI=1S/C15H24O/c1-13(2)7-5-8-14(3)9-6-10-15(4)11-12-16/h5,7-9,11,16H,6,10,12H2,1-4H3/b8-5-,14-9+,15-11+. The van der Waals surface area contributed by atoms with Crippen LogP contribution in [0.3, 0.4) is 0 Å². The number of hydrogen-bond acceptors (Lipinski definition) is 1. The quantitative estimate of drug-likeness (QED) is 0.526. The van der Waals surface area contributed by atoms with E-state index in [1.807, 2.05) is 6.08 Å². The summed E-state index contributed by atoms with van der Waals surface area (Å²) in [6.45, 7) is 8.49. The zero-order valence-corrected chi connectivity index (χ0v) is 11.0. The Morgan fingerprint density at radius 3 is 2.31 bits per heavy atom. The van der Waals surface area contributed by atoms with Gasteiger partial charge in [-0.3, -0.25) is 0 Å². The molecule has 0 saturated heterocycles. The van der Waals surface area contributed by atoms with Crippen molar-refractivity contribution in [1.82, 2.24) is 0 Å². The van der Waals surface area contributed by atoms with Gasteiger partial charge in [-0.15, -0.1) is 0 Å². The van der Waals surface area contributed by atoms with Gasteiger partial charge in [-0.2, -0.15) is 0 Å². The maximum Gasteiger partial charge on any atom is 0.0614 e. The molecule has 0 aliphatic carbocycles. The van der Waals surface area contributed by atoms with Crippen molar-refractivity contribution in [3.63, 3.8) is 0 Å². The fourth-order valence-corrected chi connectivity index (χ4v) is 1.25. The lowest BCUT2D eigenvalue weighted by Crippen LogP contribution is -1.80. The molecule has 0 saturated carbocycles. The minimum Gasteiger partial charge on any atom is -0.392 e. The fraction of sp³-hybridized carbons (Fsp3) is 0.467. The van der Waals surface area contributed by atoms with E-state index in [0.717, 1.165) is 12.8 Å². The molecule has 1 nitrogen and oxygen atoms in total. The molecule has 0 aliphatic heterocycles. The number of rotatable bonds is 6. The van der Waals surface area contributed by atoms with Gasteiger partial charge in [0.15, 0.2) is 0 Å². The van der Waals surface area contributed by atoms with Gasteiger partial charge >= 0.3 is 0 Å². The van der Waals surface area contributed by atoms with E-state index < -0.39 is 0 Å². The minimum absolute atomic E-state index is 0.148. The van der Waals surface area contributed by atoms with Crippen molar-refractivity contribution in [2.45, 2.75) is 40.5 Å². The predicted octanol–water partition coefficient (Wildman–Crippen LogP) is 4.17. The summed E-state index contributed by atoms with van der Waals surface area (Å²) in [6.07, 6.45) is 12.5. The molecule has 0 aromatic carbocycles. The summed E-state index contributed by atoms with van der Waals surface area (Å²) in [7, 11) is 0. The maximum atomic E-state index is 8.70. The second kappa shape index (κ2) is 9.17. The van der Waals surface area contributed by atoms with Gasteiger partial charge in [0, 0.05) is 0 Å². The van der Waals surface area contributed by atoms with Gasteiger partial charge in [-0.05, 0) is 40.5 Å². The summed E-state index contributed by atoms with van der Waals surface area (Å²) in [5.41, 5.74) is 3.85. The first-order valence-electron chi connectivity index (χ1n) is 5.81. The third-order valence-corrected chi connectivity index (χ3v) is 2.23. The monoisotopic (exact) mass is 220 g/mol. The van der Waals surface area contributed by atoms with Crippen molar-refractivity contribution in [2.24, 2.45) is 0 Å². The maximum absolute atomic E-state index is 8.70. The minimum atomic E-state index is 0.148. The van der Waals surface area contributed by atoms with Crippen LogP contribution in [0, 0.1) is 0 Å². The van der Waals surface area contributed by atoms with E-state index in [1.165, 1.54) is 16.7 Å². The van der Waals surface area contributed by atoms with Crippen molar-refractivity contribution >= 4 is 0 Å². The Morgan fingerprint density at radius 1 is 1.06 bits per heavy atom. The number of aliphatic hydroxyl groups excluding tert-OH is 1. The van der Waals surface area contributed by atoms with Crippen LogP contribution in [0.4, 0.5) is 0 Å². The molecule has 1 heteroatoms. The van der Waals surface area contributed by atoms with Crippen LogP contribution >= 0.6 is 0 Å². The van der Waals surface area contributed by atoms with E-state index in [1.54, 1.807) is 0 Å². The number of aliphatic hydroxyl groups is 1. The fourth-order valence-electron chi connectivity index (χ4n) is 1.25. The van der Waals surface area contributed by atoms with E-state index in [2.05, 4.69) is 52.0 Å². The summed E-state index contributed by atoms with van der Waals surface area (Å²) < 4.78 is 0. The molecule has 0 spiro atoms. The Balaban J connectivity index is 4.01. The largest absolute Gasteiger partial charge is 0.392 e. The Morgan fingerprint density at radius 2 is 1.75 bits per heavy atom. The van der Waals surface area contributed by atoms with E-state index in [9.17, 15) is 0 Å². The van der Waals surface area contributed by atoms with Crippen LogP contribution in [0.25, 0.3) is 0 Å². The average molecular weight is 220 g/mol. The van der Waals surface area contributed by atoms with Crippen LogP contribution in [0.15, 0.2) is 47.1 Å². The SMILES string of the molecule is CC(C)=C/C=C\C(C)=C\CC/C(C)=C/CO. The zero-order chi connectivity index (χ0) is 12.4. The molecule has 0 aliphatic rings. The molecule has 0 aromatic rings. The van der Waals surface area contributed by atoms with Crippen molar-refractivity contribution in [3.8, 4) is 0 Å². The van der Waals surface area contributed by atoms with Crippen LogP contribution < -0.4 is 0 Å². The smallest absolute Gasteiger partial charge is 0.0614 e. The highest BCUT2D eigenvalue weighted by Crippen LogP contribution is 2.07. The molecule has 0 fully saturated rings. The van der Waals surface area contributed by atoms with E-state index in [-0.39, 0.29) is 6.61 Å². The average Bonchev–Trinajstić information content (AvgIpc) is 2.17. The lowest BCUT2D eigenvalue weighted by atomic mass is 10.1. The Labute approximate surface area is 99.9 Å². The highest BCUT2D eigenvalue weighted by atomic mass is 16.2. The third-order valence-electron chi connectivity index (χ3n) is 2.23. The second-order valence-corrected chi connectivity index (χ2v) is 4.32. The van der Waals surface area contributed by atoms with Crippen LogP contribution in [0.5, 0.6) is 0 Å². The first-order valence-corrected chi connectivity index (χ1v) is 5.81. The molecule has 0 unspecified atom stereocenters. The van der Waals surface area contributed by atoms with Crippen molar-refractivity contribution in [3.05, 3.63) is 47.1 Å². The lowest BCUT2D eigenvalue weighted by molar-refractivity contribution is 0.341. The van der Waals surface area contributed by atoms with Gasteiger partial charge in [0.25, 0.3) is 0 Å². The summed E-state index contributed by atoms with van der Waals surface area (Å²) >= 11 is 0. The third kappa shape index (κ3) is 9.47. The Bertz CT molecular complexity index is 299. The van der Waals surface area contributed by atoms with Crippen molar-refractivity contribution in [1.29, 1.82) is 0 Å². The Hall–Kier alpha value is -1.08. The van der Waals surface area contributed by atoms with Gasteiger partial charge in [0.05, 0.1) is 6.61 Å². The highest BCUT2D eigenvalue weighted by molar-refractivity contribution is 5.21. The van der Waals surface area contributed by atoms with Crippen LogP contribution in [-0.4, -0.2) is 11.7 Å². The highest BCUT2D eigenvalue weighted by Gasteiger charge is 1.88. The summed E-state index contributed by atoms with van der Waals surface area (Å²) in [4.78, 5) is 0. The molecule has 0 aromatic heterocycles. The molecule has 1 N–H and O–H groups in total. The molecule has 0 radical (unpaired) electrons. The second-order valence-electron chi connectivity index (χ2n) is 4.32. The molecular weight excluding hydrogens is 196 g/mol. The van der Waals surface area contributed by atoms with Gasteiger partial charge < -0.3 is 5.11 Å². The number of allylic oxidation sites excluding steroid dienone is 7. The molecule has 0 rings (SSSR count). The first kappa shape index (κ1) is 14.9. The summed E-state index contributed by atoms with van der Waals surface area (Å²) in [5, 5.41) is 8.70.